The number of rotatable bonds is 4. The first-order valence-corrected chi connectivity index (χ1v) is 10.5. The highest BCUT2D eigenvalue weighted by molar-refractivity contribution is 7.89. The van der Waals surface area contributed by atoms with Crippen molar-refractivity contribution in [3.05, 3.63) is 23.9 Å². The quantitative estimate of drug-likeness (QED) is 0.838. The highest BCUT2D eigenvalue weighted by atomic mass is 32.2. The van der Waals surface area contributed by atoms with Gasteiger partial charge in [0, 0.05) is 17.5 Å². The topological polar surface area (TPSA) is 59.5 Å². The first-order chi connectivity index (χ1) is 11.3. The van der Waals surface area contributed by atoms with E-state index in [0.717, 1.165) is 18.5 Å². The zero-order chi connectivity index (χ0) is 17.2. The standard InChI is InChI=1S/C18H26N2O3S/c1-4-23-16-7-5-6-14(19-16)11-20-15-10-13-8-9-18(15,17(13,2)3)12-24(20,21)22/h5-7,13,15H,4,8-12H2,1-3H3/t13-,15+,18?/m1/s1. The molecule has 4 rings (SSSR count). The Morgan fingerprint density at radius 3 is 2.88 bits per heavy atom. The molecular weight excluding hydrogens is 324 g/mol. The van der Waals surface area contributed by atoms with Crippen molar-refractivity contribution in [1.29, 1.82) is 0 Å². The van der Waals surface area contributed by atoms with Crippen LogP contribution in [-0.4, -0.2) is 36.1 Å². The predicted octanol–water partition coefficient (Wildman–Crippen LogP) is 2.82. The van der Waals surface area contributed by atoms with Gasteiger partial charge in [0.2, 0.25) is 15.9 Å². The summed E-state index contributed by atoms with van der Waals surface area (Å²) in [7, 11) is -3.23. The van der Waals surface area contributed by atoms with Crippen LogP contribution < -0.4 is 4.74 Å². The van der Waals surface area contributed by atoms with E-state index in [1.165, 1.54) is 6.42 Å². The number of ether oxygens (including phenoxy) is 1. The molecule has 0 radical (unpaired) electrons. The summed E-state index contributed by atoms with van der Waals surface area (Å²) in [5.41, 5.74) is 0.802. The van der Waals surface area contributed by atoms with Crippen molar-refractivity contribution in [3.63, 3.8) is 0 Å². The number of pyridine rings is 1. The highest BCUT2D eigenvalue weighted by Crippen LogP contribution is 2.70. The fraction of sp³-hybridized carbons (Fsp3) is 0.722. The third-order valence-electron chi connectivity index (χ3n) is 6.92. The van der Waals surface area contributed by atoms with Crippen molar-refractivity contribution < 1.29 is 13.2 Å². The maximum atomic E-state index is 12.9. The molecule has 1 aromatic heterocycles. The largest absolute Gasteiger partial charge is 0.478 e. The fourth-order valence-corrected chi connectivity index (χ4v) is 8.05. The van der Waals surface area contributed by atoms with E-state index < -0.39 is 10.0 Å². The van der Waals surface area contributed by atoms with Gasteiger partial charge in [0.15, 0.2) is 0 Å². The molecule has 1 unspecified atom stereocenters. The molecule has 1 aromatic rings. The second kappa shape index (κ2) is 5.18. The maximum absolute atomic E-state index is 12.9. The van der Waals surface area contributed by atoms with E-state index >= 15 is 0 Å². The van der Waals surface area contributed by atoms with Crippen LogP contribution >= 0.6 is 0 Å². The lowest BCUT2D eigenvalue weighted by atomic mass is 9.69. The number of aromatic nitrogens is 1. The Hall–Kier alpha value is -1.14. The zero-order valence-corrected chi connectivity index (χ0v) is 15.5. The molecule has 2 aliphatic carbocycles. The lowest BCUT2D eigenvalue weighted by Crippen LogP contribution is -2.41. The molecule has 132 valence electrons. The minimum Gasteiger partial charge on any atom is -0.478 e. The minimum absolute atomic E-state index is 0.0754. The van der Waals surface area contributed by atoms with Crippen LogP contribution in [0, 0.1) is 16.7 Å². The van der Waals surface area contributed by atoms with Gasteiger partial charge in [-0.2, -0.15) is 4.31 Å². The van der Waals surface area contributed by atoms with Gasteiger partial charge in [0.05, 0.1) is 24.6 Å². The summed E-state index contributed by atoms with van der Waals surface area (Å²) in [6, 6.07) is 5.72. The van der Waals surface area contributed by atoms with Crippen molar-refractivity contribution in [2.75, 3.05) is 12.4 Å². The van der Waals surface area contributed by atoms with Crippen molar-refractivity contribution in [3.8, 4) is 5.88 Å². The van der Waals surface area contributed by atoms with Gasteiger partial charge in [-0.1, -0.05) is 19.9 Å². The summed E-state index contributed by atoms with van der Waals surface area (Å²) in [4.78, 5) is 4.47. The van der Waals surface area contributed by atoms with Crippen molar-refractivity contribution >= 4 is 10.0 Å². The van der Waals surface area contributed by atoms with Crippen LogP contribution in [0.5, 0.6) is 5.88 Å². The van der Waals surface area contributed by atoms with Gasteiger partial charge in [-0.05, 0) is 43.6 Å². The fourth-order valence-electron chi connectivity index (χ4n) is 5.52. The van der Waals surface area contributed by atoms with Gasteiger partial charge in [-0.25, -0.2) is 13.4 Å². The van der Waals surface area contributed by atoms with E-state index in [0.29, 0.717) is 30.7 Å². The van der Waals surface area contributed by atoms with E-state index in [2.05, 4.69) is 18.8 Å². The molecule has 1 spiro atoms. The Morgan fingerprint density at radius 1 is 1.38 bits per heavy atom. The Bertz CT molecular complexity index is 761. The molecule has 0 aromatic carbocycles. The molecule has 1 aliphatic heterocycles. The van der Waals surface area contributed by atoms with Gasteiger partial charge in [-0.15, -0.1) is 0 Å². The van der Waals surface area contributed by atoms with E-state index in [4.69, 9.17) is 4.74 Å². The minimum atomic E-state index is -3.23. The number of fused-ring (bicyclic) bond motifs is 1. The van der Waals surface area contributed by atoms with E-state index in [-0.39, 0.29) is 16.9 Å². The molecule has 2 bridgehead atoms. The van der Waals surface area contributed by atoms with Crippen molar-refractivity contribution in [1.82, 2.24) is 9.29 Å². The first-order valence-electron chi connectivity index (χ1n) is 8.88. The molecule has 3 aliphatic rings. The molecular formula is C18H26N2O3S. The molecule has 0 amide bonds. The Balaban J connectivity index is 1.66. The molecule has 5 nitrogen and oxygen atoms in total. The normalized spacial score (nSPS) is 36.0. The highest BCUT2D eigenvalue weighted by Gasteiger charge is 2.71. The van der Waals surface area contributed by atoms with E-state index in [9.17, 15) is 8.42 Å². The molecule has 0 N–H and O–H groups in total. The molecule has 2 heterocycles. The molecule has 24 heavy (non-hydrogen) atoms. The van der Waals surface area contributed by atoms with Gasteiger partial charge in [-0.3, -0.25) is 0 Å². The van der Waals surface area contributed by atoms with Crippen molar-refractivity contribution in [2.45, 2.75) is 52.6 Å². The van der Waals surface area contributed by atoms with Crippen LogP contribution in [0.1, 0.15) is 45.7 Å². The summed E-state index contributed by atoms with van der Waals surface area (Å²) in [5, 5.41) is 0. The molecule has 2 saturated carbocycles. The summed E-state index contributed by atoms with van der Waals surface area (Å²) < 4.78 is 33.0. The SMILES string of the molecule is CCOc1cccc(CN2[C@H]3C[C@H]4CCC3(CS2(=O)=O)C4(C)C)n1. The van der Waals surface area contributed by atoms with Crippen LogP contribution in [-0.2, 0) is 16.6 Å². The summed E-state index contributed by atoms with van der Waals surface area (Å²) in [6.07, 6.45) is 3.21. The average molecular weight is 350 g/mol. The second-order valence-electron chi connectivity index (χ2n) is 8.07. The Morgan fingerprint density at radius 2 is 2.17 bits per heavy atom. The number of nitrogens with zero attached hydrogens (tertiary/aromatic N) is 2. The van der Waals surface area contributed by atoms with Gasteiger partial charge in [0.25, 0.3) is 0 Å². The lowest BCUT2D eigenvalue weighted by Gasteiger charge is -2.37. The van der Waals surface area contributed by atoms with Crippen LogP contribution in [0.3, 0.4) is 0 Å². The summed E-state index contributed by atoms with van der Waals surface area (Å²) >= 11 is 0. The second-order valence-corrected chi connectivity index (χ2v) is 9.99. The van der Waals surface area contributed by atoms with Crippen LogP contribution in [0.25, 0.3) is 0 Å². The number of hydrogen-bond donors (Lipinski definition) is 0. The van der Waals surface area contributed by atoms with Crippen LogP contribution in [0.4, 0.5) is 0 Å². The molecule has 1 saturated heterocycles. The monoisotopic (exact) mass is 350 g/mol. The van der Waals surface area contributed by atoms with E-state index in [1.54, 1.807) is 4.31 Å². The van der Waals surface area contributed by atoms with Gasteiger partial charge in [0.1, 0.15) is 0 Å². The zero-order valence-electron chi connectivity index (χ0n) is 14.7. The summed E-state index contributed by atoms with van der Waals surface area (Å²) in [5.74, 6) is 1.51. The number of hydrogen-bond acceptors (Lipinski definition) is 4. The van der Waals surface area contributed by atoms with Crippen LogP contribution in [0.2, 0.25) is 0 Å². The van der Waals surface area contributed by atoms with E-state index in [1.807, 2.05) is 25.1 Å². The smallest absolute Gasteiger partial charge is 0.215 e. The molecule has 3 fully saturated rings. The first kappa shape index (κ1) is 16.3. The van der Waals surface area contributed by atoms with Crippen molar-refractivity contribution in [2.24, 2.45) is 16.7 Å². The third-order valence-corrected chi connectivity index (χ3v) is 8.90. The Labute approximate surface area is 144 Å². The third kappa shape index (κ3) is 2.08. The molecule has 6 heteroatoms. The Kier molecular flexibility index (Phi) is 3.52. The summed E-state index contributed by atoms with van der Waals surface area (Å²) in [6.45, 7) is 7.38. The predicted molar refractivity (Wildman–Crippen MR) is 92.1 cm³/mol. The van der Waals surface area contributed by atoms with Gasteiger partial charge < -0.3 is 4.74 Å². The molecule has 3 atom stereocenters. The average Bonchev–Trinajstić information content (AvgIpc) is 2.98. The van der Waals surface area contributed by atoms with Crippen LogP contribution in [0.15, 0.2) is 18.2 Å². The number of sulfonamides is 1. The van der Waals surface area contributed by atoms with Gasteiger partial charge >= 0.3 is 0 Å². The lowest BCUT2D eigenvalue weighted by molar-refractivity contribution is 0.111. The maximum Gasteiger partial charge on any atom is 0.215 e.